The Morgan fingerprint density at radius 2 is 2.10 bits per heavy atom. The number of hydrogen-bond donors (Lipinski definition) is 1. The van der Waals surface area contributed by atoms with E-state index in [1.165, 1.54) is 11.8 Å². The van der Waals surface area contributed by atoms with Gasteiger partial charge in [0.1, 0.15) is 12.7 Å². The molecule has 0 aromatic carbocycles. The van der Waals surface area contributed by atoms with Gasteiger partial charge in [-0.05, 0) is 32.1 Å². The maximum Gasteiger partial charge on any atom is 0.411 e. The van der Waals surface area contributed by atoms with Gasteiger partial charge in [-0.15, -0.1) is 0 Å². The van der Waals surface area contributed by atoms with Crippen LogP contribution in [0, 0.1) is 5.92 Å². The fourth-order valence-electron chi connectivity index (χ4n) is 2.38. The highest BCUT2D eigenvalue weighted by Gasteiger charge is 2.32. The molecule has 0 radical (unpaired) electrons. The van der Waals surface area contributed by atoms with Gasteiger partial charge in [-0.25, -0.2) is 0 Å². The summed E-state index contributed by atoms with van der Waals surface area (Å²) in [6.07, 6.45) is -3.55. The van der Waals surface area contributed by atoms with Crippen LogP contribution >= 0.6 is 0 Å². The molecule has 8 heteroatoms. The monoisotopic (exact) mass is 311 g/mol. The van der Waals surface area contributed by atoms with Crippen molar-refractivity contribution >= 4 is 11.9 Å². The van der Waals surface area contributed by atoms with Crippen molar-refractivity contribution in [2.24, 2.45) is 5.92 Å². The number of hydrogen-bond acceptors (Lipinski definition) is 3. The first-order valence-electron chi connectivity index (χ1n) is 6.88. The van der Waals surface area contributed by atoms with Gasteiger partial charge in [-0.2, -0.15) is 13.2 Å². The highest BCUT2D eigenvalue weighted by atomic mass is 19.4. The summed E-state index contributed by atoms with van der Waals surface area (Å²) < 4.78 is 40.7. The first kappa shape index (κ1) is 17.7. The van der Waals surface area contributed by atoms with Gasteiger partial charge in [-0.3, -0.25) is 9.59 Å². The summed E-state index contributed by atoms with van der Waals surface area (Å²) in [5.41, 5.74) is 0. The van der Waals surface area contributed by atoms with Crippen LogP contribution in [0.2, 0.25) is 0 Å². The number of aliphatic carboxylic acids is 1. The van der Waals surface area contributed by atoms with Crippen LogP contribution < -0.4 is 0 Å². The molecule has 0 saturated carbocycles. The Morgan fingerprint density at radius 1 is 1.43 bits per heavy atom. The van der Waals surface area contributed by atoms with E-state index in [1.54, 1.807) is 0 Å². The van der Waals surface area contributed by atoms with E-state index < -0.39 is 30.8 Å². The Bertz CT molecular complexity index is 373. The molecule has 1 saturated heterocycles. The quantitative estimate of drug-likeness (QED) is 0.815. The fourth-order valence-corrected chi connectivity index (χ4v) is 2.38. The van der Waals surface area contributed by atoms with Gasteiger partial charge < -0.3 is 14.7 Å². The number of amides is 1. The first-order valence-corrected chi connectivity index (χ1v) is 6.88. The van der Waals surface area contributed by atoms with Crippen molar-refractivity contribution in [3.8, 4) is 0 Å². The number of ether oxygens (including phenoxy) is 1. The third-order valence-electron chi connectivity index (χ3n) is 3.44. The number of carboxylic acid groups (broad SMARTS) is 1. The number of halogens is 3. The van der Waals surface area contributed by atoms with E-state index in [-0.39, 0.29) is 12.3 Å². The Balaban J connectivity index is 2.43. The minimum Gasteiger partial charge on any atom is -0.481 e. The first-order chi connectivity index (χ1) is 9.69. The molecular formula is C13H20F3NO4. The standard InChI is InChI=1S/C13H20F3NO4/c1-9(21-8-13(14,15)16)12(20)17-6-2-3-10(7-17)4-5-11(18)19/h9-10H,2-8H2,1H3,(H,18,19)/t9-,10+/m0/s1. The zero-order valence-corrected chi connectivity index (χ0v) is 11.9. The van der Waals surface area contributed by atoms with Crippen LogP contribution in [-0.2, 0) is 14.3 Å². The molecule has 1 aliphatic rings. The van der Waals surface area contributed by atoms with E-state index in [0.29, 0.717) is 19.5 Å². The molecule has 1 rings (SSSR count). The average molecular weight is 311 g/mol. The number of alkyl halides is 3. The van der Waals surface area contributed by atoms with E-state index in [2.05, 4.69) is 4.74 Å². The van der Waals surface area contributed by atoms with E-state index in [1.807, 2.05) is 0 Å². The third-order valence-corrected chi connectivity index (χ3v) is 3.44. The molecule has 1 amide bonds. The molecule has 0 aromatic heterocycles. The molecule has 21 heavy (non-hydrogen) atoms. The number of likely N-dealkylation sites (tertiary alicyclic amines) is 1. The predicted octanol–water partition coefficient (Wildman–Crippen LogP) is 2.06. The minimum atomic E-state index is -4.46. The zero-order chi connectivity index (χ0) is 16.0. The molecule has 1 N–H and O–H groups in total. The molecule has 122 valence electrons. The molecule has 1 fully saturated rings. The number of rotatable bonds is 6. The molecule has 1 aliphatic heterocycles. The summed E-state index contributed by atoms with van der Waals surface area (Å²) in [4.78, 5) is 24.0. The topological polar surface area (TPSA) is 66.8 Å². The fraction of sp³-hybridized carbons (Fsp3) is 0.846. The number of carbonyl (C=O) groups is 2. The molecule has 0 spiro atoms. The summed E-state index contributed by atoms with van der Waals surface area (Å²) in [6, 6.07) is 0. The van der Waals surface area contributed by atoms with Gasteiger partial charge in [0.25, 0.3) is 5.91 Å². The zero-order valence-electron chi connectivity index (χ0n) is 11.9. The summed E-state index contributed by atoms with van der Waals surface area (Å²) in [5.74, 6) is -1.28. The smallest absolute Gasteiger partial charge is 0.411 e. The second-order valence-electron chi connectivity index (χ2n) is 5.29. The molecule has 1 heterocycles. The Hall–Kier alpha value is -1.31. The molecule has 0 aliphatic carbocycles. The maximum atomic E-state index is 12.1. The summed E-state index contributed by atoms with van der Waals surface area (Å²) in [6.45, 7) is 0.707. The normalized spacial score (nSPS) is 21.1. The number of nitrogens with zero attached hydrogens (tertiary/aromatic N) is 1. The average Bonchev–Trinajstić information content (AvgIpc) is 2.41. The van der Waals surface area contributed by atoms with Crippen LogP contribution in [0.25, 0.3) is 0 Å². The van der Waals surface area contributed by atoms with Crippen LogP contribution in [0.15, 0.2) is 0 Å². The predicted molar refractivity (Wildman–Crippen MR) is 67.6 cm³/mol. The Labute approximate surface area is 121 Å². The SMILES string of the molecule is C[C@H](OCC(F)(F)F)C(=O)N1CCC[C@H](CCC(=O)O)C1. The maximum absolute atomic E-state index is 12.1. The van der Waals surface area contributed by atoms with Crippen molar-refractivity contribution in [1.82, 2.24) is 4.90 Å². The van der Waals surface area contributed by atoms with E-state index in [0.717, 1.165) is 12.8 Å². The van der Waals surface area contributed by atoms with Crippen molar-refractivity contribution in [2.45, 2.75) is 44.9 Å². The van der Waals surface area contributed by atoms with Crippen molar-refractivity contribution in [1.29, 1.82) is 0 Å². The molecule has 0 bridgehead atoms. The van der Waals surface area contributed by atoms with Gasteiger partial charge in [0.15, 0.2) is 0 Å². The van der Waals surface area contributed by atoms with Gasteiger partial charge in [0, 0.05) is 19.5 Å². The van der Waals surface area contributed by atoms with Crippen LogP contribution in [0.1, 0.15) is 32.6 Å². The van der Waals surface area contributed by atoms with Gasteiger partial charge in [0.05, 0.1) is 0 Å². The van der Waals surface area contributed by atoms with Crippen LogP contribution in [0.5, 0.6) is 0 Å². The van der Waals surface area contributed by atoms with Gasteiger partial charge in [0.2, 0.25) is 0 Å². The highest BCUT2D eigenvalue weighted by molar-refractivity contribution is 5.80. The molecule has 0 unspecified atom stereocenters. The Morgan fingerprint density at radius 3 is 2.67 bits per heavy atom. The summed E-state index contributed by atoms with van der Waals surface area (Å²) >= 11 is 0. The lowest BCUT2D eigenvalue weighted by Crippen LogP contribution is -2.45. The molecule has 0 aromatic rings. The van der Waals surface area contributed by atoms with Crippen molar-refractivity contribution in [3.05, 3.63) is 0 Å². The van der Waals surface area contributed by atoms with E-state index in [4.69, 9.17) is 5.11 Å². The summed E-state index contributed by atoms with van der Waals surface area (Å²) in [7, 11) is 0. The van der Waals surface area contributed by atoms with Crippen molar-refractivity contribution in [2.75, 3.05) is 19.7 Å². The lowest BCUT2D eigenvalue weighted by Gasteiger charge is -2.34. The van der Waals surface area contributed by atoms with Gasteiger partial charge >= 0.3 is 12.1 Å². The van der Waals surface area contributed by atoms with E-state index >= 15 is 0 Å². The third kappa shape index (κ3) is 6.79. The minimum absolute atomic E-state index is 0.0345. The number of piperidine rings is 1. The molecular weight excluding hydrogens is 291 g/mol. The van der Waals surface area contributed by atoms with Crippen LogP contribution in [0.4, 0.5) is 13.2 Å². The number of carbonyl (C=O) groups excluding carboxylic acids is 1. The Kier molecular flexibility index (Phi) is 6.44. The van der Waals surface area contributed by atoms with Crippen LogP contribution in [0.3, 0.4) is 0 Å². The highest BCUT2D eigenvalue weighted by Crippen LogP contribution is 2.22. The summed E-state index contributed by atoms with van der Waals surface area (Å²) in [5, 5.41) is 8.65. The molecule has 2 atom stereocenters. The van der Waals surface area contributed by atoms with Crippen LogP contribution in [-0.4, -0.2) is 53.9 Å². The second-order valence-corrected chi connectivity index (χ2v) is 5.29. The molecule has 5 nitrogen and oxygen atoms in total. The lowest BCUT2D eigenvalue weighted by molar-refractivity contribution is -0.189. The van der Waals surface area contributed by atoms with Crippen molar-refractivity contribution in [3.63, 3.8) is 0 Å². The van der Waals surface area contributed by atoms with Crippen molar-refractivity contribution < 1.29 is 32.6 Å². The number of carboxylic acids is 1. The second kappa shape index (κ2) is 7.63. The van der Waals surface area contributed by atoms with E-state index in [9.17, 15) is 22.8 Å². The lowest BCUT2D eigenvalue weighted by atomic mass is 9.93. The van der Waals surface area contributed by atoms with Gasteiger partial charge in [-0.1, -0.05) is 0 Å². The largest absolute Gasteiger partial charge is 0.481 e.